The van der Waals surface area contributed by atoms with E-state index in [4.69, 9.17) is 27.9 Å². The zero-order valence-corrected chi connectivity index (χ0v) is 16.7. The van der Waals surface area contributed by atoms with Gasteiger partial charge in [0.1, 0.15) is 5.60 Å². The molecule has 1 aromatic rings. The highest BCUT2D eigenvalue weighted by atomic mass is 35.5. The van der Waals surface area contributed by atoms with Crippen molar-refractivity contribution in [3.8, 4) is 0 Å². The van der Waals surface area contributed by atoms with Crippen LogP contribution in [0.4, 0.5) is 4.79 Å². The van der Waals surface area contributed by atoms with E-state index < -0.39 is 5.60 Å². The number of benzene rings is 1. The summed E-state index contributed by atoms with van der Waals surface area (Å²) in [7, 11) is 0. The van der Waals surface area contributed by atoms with Gasteiger partial charge in [-0.05, 0) is 51.8 Å². The van der Waals surface area contributed by atoms with Crippen LogP contribution in [0.5, 0.6) is 0 Å². The van der Waals surface area contributed by atoms with Gasteiger partial charge in [-0.1, -0.05) is 29.3 Å². The minimum absolute atomic E-state index is 0.0209. The molecule has 142 valence electrons. The van der Waals surface area contributed by atoms with E-state index in [1.807, 2.05) is 20.8 Å². The molecule has 1 heterocycles. The summed E-state index contributed by atoms with van der Waals surface area (Å²) in [6, 6.07) is 5.21. The van der Waals surface area contributed by atoms with Crippen molar-refractivity contribution in [1.29, 1.82) is 0 Å². The zero-order chi connectivity index (χ0) is 19.3. The average molecular weight is 399 g/mol. The molecular formula is C19H24Cl2N2O3. The number of halogens is 2. The van der Waals surface area contributed by atoms with Crippen LogP contribution >= 0.6 is 23.2 Å². The summed E-state index contributed by atoms with van der Waals surface area (Å²) < 4.78 is 5.37. The van der Waals surface area contributed by atoms with Crippen molar-refractivity contribution in [3.05, 3.63) is 39.9 Å². The molecule has 1 N–H and O–H groups in total. The summed E-state index contributed by atoms with van der Waals surface area (Å²) in [6.07, 6.45) is 4.09. The van der Waals surface area contributed by atoms with E-state index in [1.54, 1.807) is 29.2 Å². The lowest BCUT2D eigenvalue weighted by Crippen LogP contribution is -2.47. The number of hydrogen-bond donors (Lipinski definition) is 1. The first-order valence-electron chi connectivity index (χ1n) is 8.56. The Balaban J connectivity index is 1.83. The zero-order valence-electron chi connectivity index (χ0n) is 15.2. The summed E-state index contributed by atoms with van der Waals surface area (Å²) in [5.74, 6) is -0.211. The van der Waals surface area contributed by atoms with Crippen LogP contribution in [0.1, 0.15) is 39.2 Å². The molecule has 0 aliphatic carbocycles. The van der Waals surface area contributed by atoms with Crippen LogP contribution in [0.2, 0.25) is 10.0 Å². The van der Waals surface area contributed by atoms with E-state index in [0.717, 1.165) is 0 Å². The largest absolute Gasteiger partial charge is 0.444 e. The summed E-state index contributed by atoms with van der Waals surface area (Å²) in [6.45, 7) is 6.64. The van der Waals surface area contributed by atoms with Crippen LogP contribution in [-0.4, -0.2) is 41.6 Å². The molecule has 1 aliphatic rings. The molecular weight excluding hydrogens is 375 g/mol. The highest BCUT2D eigenvalue weighted by Gasteiger charge is 2.27. The number of carbonyl (C=O) groups excluding carboxylic acids is 2. The lowest BCUT2D eigenvalue weighted by Gasteiger charge is -2.33. The first kappa shape index (κ1) is 20.6. The van der Waals surface area contributed by atoms with Gasteiger partial charge in [-0.15, -0.1) is 0 Å². The van der Waals surface area contributed by atoms with Crippen molar-refractivity contribution in [3.63, 3.8) is 0 Å². The minimum Gasteiger partial charge on any atom is -0.444 e. The molecule has 0 saturated carbocycles. The second kappa shape index (κ2) is 8.78. The molecule has 0 spiro atoms. The standard InChI is InChI=1S/C19H24Cl2N2O3/c1-19(2,3)26-18(25)23-11-9-13(10-12-23)22-17(24)8-7-14-15(20)5-4-6-16(14)21/h4-8,13H,9-12H2,1-3H3,(H,22,24). The van der Waals surface area contributed by atoms with Crippen LogP contribution in [0.25, 0.3) is 6.08 Å². The number of amides is 2. The smallest absolute Gasteiger partial charge is 0.410 e. The molecule has 7 heteroatoms. The molecule has 0 bridgehead atoms. The van der Waals surface area contributed by atoms with E-state index in [2.05, 4.69) is 5.32 Å². The Bertz CT molecular complexity index is 670. The fourth-order valence-electron chi connectivity index (χ4n) is 2.61. The maximum absolute atomic E-state index is 12.1. The number of rotatable bonds is 3. The van der Waals surface area contributed by atoms with Gasteiger partial charge in [0.15, 0.2) is 0 Å². The molecule has 0 unspecified atom stereocenters. The summed E-state index contributed by atoms with van der Waals surface area (Å²) in [4.78, 5) is 25.8. The predicted molar refractivity (Wildman–Crippen MR) is 104 cm³/mol. The monoisotopic (exact) mass is 398 g/mol. The molecule has 0 radical (unpaired) electrons. The van der Waals surface area contributed by atoms with E-state index in [9.17, 15) is 9.59 Å². The SMILES string of the molecule is CC(C)(C)OC(=O)N1CCC(NC(=O)C=Cc2c(Cl)cccc2Cl)CC1. The Hall–Kier alpha value is -1.72. The molecule has 2 rings (SSSR count). The highest BCUT2D eigenvalue weighted by Crippen LogP contribution is 2.25. The molecule has 5 nitrogen and oxygen atoms in total. The second-order valence-corrected chi connectivity index (χ2v) is 8.03. The summed E-state index contributed by atoms with van der Waals surface area (Å²) in [5.41, 5.74) is 0.109. The van der Waals surface area contributed by atoms with Crippen molar-refractivity contribution >= 4 is 41.3 Å². The van der Waals surface area contributed by atoms with Crippen molar-refractivity contribution < 1.29 is 14.3 Å². The third-order valence-corrected chi connectivity index (χ3v) is 4.55. The van der Waals surface area contributed by atoms with Gasteiger partial charge in [-0.2, -0.15) is 0 Å². The lowest BCUT2D eigenvalue weighted by molar-refractivity contribution is -0.117. The Kier molecular flexibility index (Phi) is 6.95. The maximum Gasteiger partial charge on any atom is 0.410 e. The van der Waals surface area contributed by atoms with Gasteiger partial charge >= 0.3 is 6.09 Å². The van der Waals surface area contributed by atoms with Crippen LogP contribution in [-0.2, 0) is 9.53 Å². The summed E-state index contributed by atoms with van der Waals surface area (Å²) in [5, 5.41) is 3.93. The Morgan fingerprint density at radius 3 is 2.31 bits per heavy atom. The molecule has 1 aliphatic heterocycles. The first-order chi connectivity index (χ1) is 12.2. The summed E-state index contributed by atoms with van der Waals surface area (Å²) >= 11 is 12.2. The molecule has 2 amide bonds. The van der Waals surface area contributed by atoms with Crippen molar-refractivity contribution in [2.24, 2.45) is 0 Å². The van der Waals surface area contributed by atoms with Gasteiger partial charge in [0.05, 0.1) is 0 Å². The maximum atomic E-state index is 12.1. The van der Waals surface area contributed by atoms with E-state index >= 15 is 0 Å². The number of hydrogen-bond acceptors (Lipinski definition) is 3. The molecule has 1 aromatic carbocycles. The average Bonchev–Trinajstić information content (AvgIpc) is 2.53. The van der Waals surface area contributed by atoms with Gasteiger partial charge < -0.3 is 15.0 Å². The van der Waals surface area contributed by atoms with Gasteiger partial charge in [-0.3, -0.25) is 4.79 Å². The number of ether oxygens (including phenoxy) is 1. The number of nitrogens with one attached hydrogen (secondary N) is 1. The van der Waals surface area contributed by atoms with Crippen LogP contribution < -0.4 is 5.32 Å². The number of carbonyl (C=O) groups is 2. The lowest BCUT2D eigenvalue weighted by atomic mass is 10.1. The minimum atomic E-state index is -0.507. The first-order valence-corrected chi connectivity index (χ1v) is 9.32. The second-order valence-electron chi connectivity index (χ2n) is 7.22. The van der Waals surface area contributed by atoms with Crippen LogP contribution in [0.3, 0.4) is 0 Å². The highest BCUT2D eigenvalue weighted by molar-refractivity contribution is 6.37. The van der Waals surface area contributed by atoms with Crippen LogP contribution in [0, 0.1) is 0 Å². The number of nitrogens with zero attached hydrogens (tertiary/aromatic N) is 1. The van der Waals surface area contributed by atoms with Crippen molar-refractivity contribution in [1.82, 2.24) is 10.2 Å². The van der Waals surface area contributed by atoms with E-state index in [-0.39, 0.29) is 18.0 Å². The Morgan fingerprint density at radius 2 is 1.77 bits per heavy atom. The van der Waals surface area contributed by atoms with Crippen molar-refractivity contribution in [2.45, 2.75) is 45.3 Å². The van der Waals surface area contributed by atoms with Gasteiger partial charge in [0.2, 0.25) is 5.91 Å². The van der Waals surface area contributed by atoms with E-state index in [1.165, 1.54) is 6.08 Å². The molecule has 1 fully saturated rings. The van der Waals surface area contributed by atoms with Gasteiger partial charge in [0.25, 0.3) is 0 Å². The van der Waals surface area contributed by atoms with Crippen LogP contribution in [0.15, 0.2) is 24.3 Å². The van der Waals surface area contributed by atoms with Crippen molar-refractivity contribution in [2.75, 3.05) is 13.1 Å². The molecule has 0 atom stereocenters. The Labute approximate surface area is 164 Å². The van der Waals surface area contributed by atoms with Gasteiger partial charge in [-0.25, -0.2) is 4.79 Å². The third kappa shape index (κ3) is 6.22. The molecule has 0 aromatic heterocycles. The molecule has 26 heavy (non-hydrogen) atoms. The predicted octanol–water partition coefficient (Wildman–Crippen LogP) is 4.52. The molecule has 1 saturated heterocycles. The normalized spacial score (nSPS) is 16.0. The number of piperidine rings is 1. The van der Waals surface area contributed by atoms with Gasteiger partial charge in [0, 0.05) is 40.8 Å². The Morgan fingerprint density at radius 1 is 1.19 bits per heavy atom. The number of likely N-dealkylation sites (tertiary alicyclic amines) is 1. The fourth-order valence-corrected chi connectivity index (χ4v) is 3.13. The third-order valence-electron chi connectivity index (χ3n) is 3.89. The quantitative estimate of drug-likeness (QED) is 0.761. The van der Waals surface area contributed by atoms with E-state index in [0.29, 0.717) is 41.5 Å². The topological polar surface area (TPSA) is 58.6 Å². The fraction of sp³-hybridized carbons (Fsp3) is 0.474.